The Morgan fingerprint density at radius 1 is 0.935 bits per heavy atom. The SMILES string of the molecule is c1cc(C[C@@H]2COCCN(Cc3ccnc(N4CCCCC4)n3)C2)c2cccnc2c1. The van der Waals surface area contributed by atoms with E-state index >= 15 is 0 Å². The Kier molecular flexibility index (Phi) is 6.37. The highest BCUT2D eigenvalue weighted by atomic mass is 16.5. The second-order valence-electron chi connectivity index (χ2n) is 8.76. The molecule has 6 heteroatoms. The smallest absolute Gasteiger partial charge is 0.225 e. The number of hydrogen-bond acceptors (Lipinski definition) is 6. The van der Waals surface area contributed by atoms with Crippen LogP contribution in [0.5, 0.6) is 0 Å². The Bertz CT molecular complexity index is 999. The summed E-state index contributed by atoms with van der Waals surface area (Å²) in [4.78, 5) is 18.8. The van der Waals surface area contributed by atoms with Crippen molar-refractivity contribution in [2.75, 3.05) is 44.3 Å². The number of pyridine rings is 1. The molecule has 1 aromatic carbocycles. The Labute approximate surface area is 184 Å². The normalized spacial score (nSPS) is 20.6. The lowest BCUT2D eigenvalue weighted by molar-refractivity contribution is 0.122. The van der Waals surface area contributed by atoms with Crippen molar-refractivity contribution in [3.8, 4) is 0 Å². The van der Waals surface area contributed by atoms with Gasteiger partial charge in [0, 0.05) is 50.5 Å². The minimum absolute atomic E-state index is 0.455. The molecule has 0 saturated carbocycles. The molecule has 2 fully saturated rings. The minimum Gasteiger partial charge on any atom is -0.380 e. The maximum absolute atomic E-state index is 5.98. The van der Waals surface area contributed by atoms with E-state index in [0.29, 0.717) is 5.92 Å². The lowest BCUT2D eigenvalue weighted by Gasteiger charge is -2.27. The monoisotopic (exact) mass is 417 g/mol. The van der Waals surface area contributed by atoms with Crippen LogP contribution in [0, 0.1) is 5.92 Å². The first-order valence-corrected chi connectivity index (χ1v) is 11.5. The van der Waals surface area contributed by atoms with E-state index in [2.05, 4.69) is 50.1 Å². The number of aromatic nitrogens is 3. The van der Waals surface area contributed by atoms with Gasteiger partial charge >= 0.3 is 0 Å². The molecular weight excluding hydrogens is 386 g/mol. The molecule has 3 aromatic rings. The first-order valence-electron chi connectivity index (χ1n) is 11.5. The number of piperidine rings is 1. The molecule has 31 heavy (non-hydrogen) atoms. The summed E-state index contributed by atoms with van der Waals surface area (Å²) in [6.07, 6.45) is 8.58. The summed E-state index contributed by atoms with van der Waals surface area (Å²) in [5.41, 5.74) is 3.53. The number of rotatable bonds is 5. The van der Waals surface area contributed by atoms with Crippen LogP contribution in [-0.4, -0.2) is 59.2 Å². The summed E-state index contributed by atoms with van der Waals surface area (Å²) in [6, 6.07) is 12.7. The number of benzene rings is 1. The Balaban J connectivity index is 1.27. The van der Waals surface area contributed by atoms with Crippen molar-refractivity contribution < 1.29 is 4.74 Å². The molecule has 1 atom stereocenters. The Morgan fingerprint density at radius 2 is 1.87 bits per heavy atom. The third kappa shape index (κ3) is 5.02. The van der Waals surface area contributed by atoms with E-state index in [1.54, 1.807) is 0 Å². The zero-order valence-electron chi connectivity index (χ0n) is 18.1. The Morgan fingerprint density at radius 3 is 2.81 bits per heavy atom. The molecule has 2 aromatic heterocycles. The number of ether oxygens (including phenoxy) is 1. The molecule has 0 N–H and O–H groups in total. The molecule has 162 valence electrons. The molecule has 0 bridgehead atoms. The van der Waals surface area contributed by atoms with Gasteiger partial charge in [0.15, 0.2) is 0 Å². The van der Waals surface area contributed by atoms with Gasteiger partial charge in [-0.2, -0.15) is 0 Å². The fourth-order valence-corrected chi connectivity index (χ4v) is 4.82. The zero-order chi connectivity index (χ0) is 20.9. The highest BCUT2D eigenvalue weighted by molar-refractivity contribution is 5.81. The lowest BCUT2D eigenvalue weighted by Crippen LogP contribution is -2.33. The minimum atomic E-state index is 0.455. The fourth-order valence-electron chi connectivity index (χ4n) is 4.82. The molecule has 0 aliphatic carbocycles. The molecule has 6 nitrogen and oxygen atoms in total. The highest BCUT2D eigenvalue weighted by Gasteiger charge is 2.21. The van der Waals surface area contributed by atoms with E-state index in [-0.39, 0.29) is 0 Å². The van der Waals surface area contributed by atoms with E-state index in [0.717, 1.165) is 69.5 Å². The molecule has 2 saturated heterocycles. The maximum atomic E-state index is 5.98. The van der Waals surface area contributed by atoms with Gasteiger partial charge in [-0.1, -0.05) is 18.2 Å². The van der Waals surface area contributed by atoms with Gasteiger partial charge < -0.3 is 9.64 Å². The van der Waals surface area contributed by atoms with Crippen LogP contribution in [0.1, 0.15) is 30.5 Å². The molecular formula is C25H31N5O. The number of hydrogen-bond donors (Lipinski definition) is 0. The second-order valence-corrected chi connectivity index (χ2v) is 8.76. The van der Waals surface area contributed by atoms with Crippen LogP contribution in [0.25, 0.3) is 10.9 Å². The standard InChI is InChI=1S/C25H31N5O/c1-2-12-30(13-3-1)25-27-11-9-22(28-25)18-29-14-15-31-19-20(17-29)16-21-6-4-8-24-23(21)7-5-10-26-24/h4-11,20H,1-3,12-19H2/t20-/m0/s1. The topological polar surface area (TPSA) is 54.4 Å². The highest BCUT2D eigenvalue weighted by Crippen LogP contribution is 2.22. The molecule has 5 rings (SSSR count). The quantitative estimate of drug-likeness (QED) is 0.631. The molecule has 0 unspecified atom stereocenters. The van der Waals surface area contributed by atoms with E-state index in [9.17, 15) is 0 Å². The van der Waals surface area contributed by atoms with E-state index in [1.807, 2.05) is 18.5 Å². The van der Waals surface area contributed by atoms with Crippen molar-refractivity contribution in [3.05, 3.63) is 60.0 Å². The zero-order valence-corrected chi connectivity index (χ0v) is 18.1. The first-order chi connectivity index (χ1) is 15.3. The molecule has 2 aliphatic heterocycles. The first kappa shape index (κ1) is 20.3. The number of nitrogens with zero attached hydrogens (tertiary/aromatic N) is 5. The summed E-state index contributed by atoms with van der Waals surface area (Å²) < 4.78 is 5.98. The van der Waals surface area contributed by atoms with Gasteiger partial charge in [0.1, 0.15) is 0 Å². The average Bonchev–Trinajstić information content (AvgIpc) is 3.05. The van der Waals surface area contributed by atoms with E-state index in [4.69, 9.17) is 9.72 Å². The maximum Gasteiger partial charge on any atom is 0.225 e. The fraction of sp³-hybridized carbons (Fsp3) is 0.480. The average molecular weight is 418 g/mol. The third-order valence-corrected chi connectivity index (χ3v) is 6.39. The van der Waals surface area contributed by atoms with Gasteiger partial charge in [0.05, 0.1) is 24.4 Å². The molecule has 0 spiro atoms. The summed E-state index contributed by atoms with van der Waals surface area (Å²) in [7, 11) is 0. The van der Waals surface area contributed by atoms with E-state index in [1.165, 1.54) is 30.2 Å². The van der Waals surface area contributed by atoms with Crippen molar-refractivity contribution in [1.29, 1.82) is 0 Å². The largest absolute Gasteiger partial charge is 0.380 e. The van der Waals surface area contributed by atoms with Gasteiger partial charge in [-0.15, -0.1) is 0 Å². The van der Waals surface area contributed by atoms with Crippen LogP contribution < -0.4 is 4.90 Å². The van der Waals surface area contributed by atoms with Crippen molar-refractivity contribution >= 4 is 16.9 Å². The summed E-state index contributed by atoms with van der Waals surface area (Å²) in [5.74, 6) is 1.35. The van der Waals surface area contributed by atoms with Crippen LogP contribution >= 0.6 is 0 Å². The second kappa shape index (κ2) is 9.71. The van der Waals surface area contributed by atoms with Crippen LogP contribution in [0.4, 0.5) is 5.95 Å². The van der Waals surface area contributed by atoms with Crippen LogP contribution in [0.2, 0.25) is 0 Å². The lowest BCUT2D eigenvalue weighted by atomic mass is 9.96. The molecule has 2 aliphatic rings. The molecule has 4 heterocycles. The molecule has 0 radical (unpaired) electrons. The van der Waals surface area contributed by atoms with Crippen molar-refractivity contribution in [1.82, 2.24) is 19.9 Å². The Hall–Kier alpha value is -2.57. The van der Waals surface area contributed by atoms with Gasteiger partial charge in [0.25, 0.3) is 0 Å². The summed E-state index contributed by atoms with van der Waals surface area (Å²) in [6.45, 7) is 6.52. The van der Waals surface area contributed by atoms with Gasteiger partial charge in [-0.25, -0.2) is 9.97 Å². The predicted octanol–water partition coefficient (Wildman–Crippen LogP) is 3.71. The van der Waals surface area contributed by atoms with Gasteiger partial charge in [-0.3, -0.25) is 9.88 Å². The van der Waals surface area contributed by atoms with Crippen LogP contribution in [-0.2, 0) is 17.7 Å². The van der Waals surface area contributed by atoms with E-state index < -0.39 is 0 Å². The van der Waals surface area contributed by atoms with Crippen LogP contribution in [0.15, 0.2) is 48.8 Å². The van der Waals surface area contributed by atoms with Crippen LogP contribution in [0.3, 0.4) is 0 Å². The van der Waals surface area contributed by atoms with Crippen molar-refractivity contribution in [3.63, 3.8) is 0 Å². The summed E-state index contributed by atoms with van der Waals surface area (Å²) in [5, 5.41) is 1.25. The number of anilines is 1. The van der Waals surface area contributed by atoms with Crippen molar-refractivity contribution in [2.24, 2.45) is 5.92 Å². The predicted molar refractivity (Wildman–Crippen MR) is 123 cm³/mol. The third-order valence-electron chi connectivity index (χ3n) is 6.39. The van der Waals surface area contributed by atoms with Gasteiger partial charge in [0.2, 0.25) is 5.95 Å². The van der Waals surface area contributed by atoms with Crippen molar-refractivity contribution in [2.45, 2.75) is 32.2 Å². The summed E-state index contributed by atoms with van der Waals surface area (Å²) >= 11 is 0. The number of fused-ring (bicyclic) bond motifs is 1. The van der Waals surface area contributed by atoms with Gasteiger partial charge in [-0.05, 0) is 55.4 Å². The molecule has 0 amide bonds.